The zero-order valence-corrected chi connectivity index (χ0v) is 21.7. The van der Waals surface area contributed by atoms with Crippen molar-refractivity contribution in [1.29, 1.82) is 0 Å². The third-order valence-corrected chi connectivity index (χ3v) is 8.00. The van der Waals surface area contributed by atoms with Crippen molar-refractivity contribution >= 4 is 29.2 Å². The van der Waals surface area contributed by atoms with E-state index in [1.807, 2.05) is 22.6 Å². The van der Waals surface area contributed by atoms with Gasteiger partial charge in [0.05, 0.1) is 11.1 Å². The molecule has 1 saturated heterocycles. The van der Waals surface area contributed by atoms with Gasteiger partial charge in [-0.05, 0) is 74.3 Å². The molecule has 2 amide bonds. The van der Waals surface area contributed by atoms with E-state index in [1.165, 1.54) is 12.1 Å². The molecule has 2 aromatic heterocycles. The quantitative estimate of drug-likeness (QED) is 0.488. The summed E-state index contributed by atoms with van der Waals surface area (Å²) < 4.78 is 15.2. The first kappa shape index (κ1) is 24.6. The van der Waals surface area contributed by atoms with Gasteiger partial charge in [-0.15, -0.1) is 0 Å². The fourth-order valence-corrected chi connectivity index (χ4v) is 5.84. The Bertz CT molecular complexity index is 1470. The molecule has 3 atom stereocenters. The molecule has 1 aromatic carbocycles. The number of aryl methyl sites for hydroxylation is 1. The number of benzene rings is 1. The molecule has 1 N–H and O–H groups in total. The first-order valence-corrected chi connectivity index (χ1v) is 13.3. The van der Waals surface area contributed by atoms with Crippen LogP contribution in [0, 0.1) is 42.3 Å². The van der Waals surface area contributed by atoms with Crippen LogP contribution in [0.15, 0.2) is 42.7 Å². The summed E-state index contributed by atoms with van der Waals surface area (Å²) in [5.41, 5.74) is 2.11. The van der Waals surface area contributed by atoms with Crippen molar-refractivity contribution in [3.05, 3.63) is 75.9 Å². The number of amides is 2. The van der Waals surface area contributed by atoms with Crippen LogP contribution in [0.5, 0.6) is 0 Å². The van der Waals surface area contributed by atoms with Crippen molar-refractivity contribution < 1.29 is 14.0 Å². The van der Waals surface area contributed by atoms with Crippen molar-refractivity contribution in [2.24, 2.45) is 17.8 Å². The number of rotatable bonds is 4. The lowest BCUT2D eigenvalue weighted by molar-refractivity contribution is -0.131. The van der Waals surface area contributed by atoms with Crippen LogP contribution < -0.4 is 5.32 Å². The SMILES string of the molecule is Cc1cc(C#Cc2cccc(F)c2)cnc1NC(=O)c1nn(C2C[C@@H]3CN(C(=O)C4CC4)C[C@@H]3C2)cc1Cl. The number of hydrogen-bond acceptors (Lipinski definition) is 4. The van der Waals surface area contributed by atoms with Crippen LogP contribution in [0.3, 0.4) is 0 Å². The van der Waals surface area contributed by atoms with Gasteiger partial charge in [0.2, 0.25) is 5.91 Å². The van der Waals surface area contributed by atoms with Crippen LogP contribution in [0.1, 0.15) is 58.9 Å². The molecule has 38 heavy (non-hydrogen) atoms. The van der Waals surface area contributed by atoms with E-state index in [1.54, 1.807) is 24.5 Å². The molecule has 7 nitrogen and oxygen atoms in total. The zero-order chi connectivity index (χ0) is 26.4. The highest BCUT2D eigenvalue weighted by Gasteiger charge is 2.45. The van der Waals surface area contributed by atoms with Crippen molar-refractivity contribution in [1.82, 2.24) is 19.7 Å². The number of anilines is 1. The summed E-state index contributed by atoms with van der Waals surface area (Å²) in [4.78, 5) is 31.8. The number of carbonyl (C=O) groups excluding carboxylic acids is 2. The monoisotopic (exact) mass is 531 g/mol. The minimum atomic E-state index is -0.428. The number of pyridine rings is 1. The van der Waals surface area contributed by atoms with Crippen molar-refractivity contribution in [3.63, 3.8) is 0 Å². The molecule has 2 saturated carbocycles. The summed E-state index contributed by atoms with van der Waals surface area (Å²) in [5.74, 6) is 7.04. The predicted octanol–water partition coefficient (Wildman–Crippen LogP) is 4.85. The summed E-state index contributed by atoms with van der Waals surface area (Å²) >= 11 is 6.42. The first-order chi connectivity index (χ1) is 18.3. The predicted molar refractivity (Wildman–Crippen MR) is 141 cm³/mol. The summed E-state index contributed by atoms with van der Waals surface area (Å²) in [6, 6.07) is 8.05. The molecular weight excluding hydrogens is 505 g/mol. The molecule has 0 bridgehead atoms. The number of halogens is 2. The van der Waals surface area contributed by atoms with E-state index in [-0.39, 0.29) is 23.5 Å². The van der Waals surface area contributed by atoms with Gasteiger partial charge in [0, 0.05) is 42.5 Å². The normalized spacial score (nSPS) is 22.1. The molecule has 0 spiro atoms. The second kappa shape index (κ2) is 9.88. The Morgan fingerprint density at radius 1 is 1.11 bits per heavy atom. The molecule has 194 valence electrons. The van der Waals surface area contributed by atoms with Gasteiger partial charge in [-0.2, -0.15) is 5.10 Å². The van der Waals surface area contributed by atoms with E-state index >= 15 is 0 Å². The van der Waals surface area contributed by atoms with Gasteiger partial charge < -0.3 is 10.2 Å². The summed E-state index contributed by atoms with van der Waals surface area (Å²) in [5, 5.41) is 7.63. The zero-order valence-electron chi connectivity index (χ0n) is 21.0. The van der Waals surface area contributed by atoms with Crippen LogP contribution in [0.25, 0.3) is 0 Å². The van der Waals surface area contributed by atoms with E-state index < -0.39 is 5.91 Å². The standard InChI is InChI=1S/C29H27ClFN5O2/c1-17-9-19(6-5-18-3-2-4-23(31)10-18)13-32-27(17)33-28(37)26-25(30)16-36(34-26)24-11-21-14-35(15-22(21)12-24)29(38)20-7-8-20/h2-4,9-10,13,16,20-22,24H,7-8,11-12,14-15H2,1H3,(H,32,33,37)/t21-,22+,24?. The van der Waals surface area contributed by atoms with Gasteiger partial charge in [0.15, 0.2) is 5.69 Å². The average Bonchev–Trinajstić information content (AvgIpc) is 3.38. The second-order valence-corrected chi connectivity index (χ2v) is 11.0. The van der Waals surface area contributed by atoms with Crippen molar-refractivity contribution in [3.8, 4) is 11.8 Å². The summed E-state index contributed by atoms with van der Waals surface area (Å²) in [6.07, 6.45) is 7.21. The second-order valence-electron chi connectivity index (χ2n) is 10.6. The van der Waals surface area contributed by atoms with Gasteiger partial charge in [-0.1, -0.05) is 29.5 Å². The average molecular weight is 532 g/mol. The summed E-state index contributed by atoms with van der Waals surface area (Å²) in [6.45, 7) is 3.48. The number of nitrogens with one attached hydrogen (secondary N) is 1. The van der Waals surface area contributed by atoms with Gasteiger partial charge in [0.25, 0.3) is 5.91 Å². The number of aromatic nitrogens is 3. The van der Waals surface area contributed by atoms with Gasteiger partial charge >= 0.3 is 0 Å². The molecule has 3 fully saturated rings. The van der Waals surface area contributed by atoms with Crippen LogP contribution >= 0.6 is 11.6 Å². The fraction of sp³-hybridized carbons (Fsp3) is 0.379. The molecule has 2 aliphatic carbocycles. The molecular formula is C29H27ClFN5O2. The number of likely N-dealkylation sites (tertiary alicyclic amines) is 1. The highest BCUT2D eigenvalue weighted by molar-refractivity contribution is 6.34. The molecule has 6 rings (SSSR count). The van der Waals surface area contributed by atoms with E-state index in [4.69, 9.17) is 11.6 Å². The topological polar surface area (TPSA) is 80.1 Å². The maximum Gasteiger partial charge on any atom is 0.278 e. The Labute approximate surface area is 225 Å². The maximum absolute atomic E-state index is 13.4. The molecule has 3 aromatic rings. The Kier molecular flexibility index (Phi) is 6.40. The minimum absolute atomic E-state index is 0.158. The minimum Gasteiger partial charge on any atom is -0.342 e. The molecule has 9 heteroatoms. The molecule has 3 aliphatic rings. The lowest BCUT2D eigenvalue weighted by atomic mass is 10.0. The largest absolute Gasteiger partial charge is 0.342 e. The van der Waals surface area contributed by atoms with Crippen molar-refractivity contribution in [2.75, 3.05) is 18.4 Å². The van der Waals surface area contributed by atoms with Crippen LogP contribution in [-0.2, 0) is 4.79 Å². The van der Waals surface area contributed by atoms with Crippen LogP contribution in [0.4, 0.5) is 10.2 Å². The van der Waals surface area contributed by atoms with Gasteiger partial charge in [-0.3, -0.25) is 14.3 Å². The smallest absolute Gasteiger partial charge is 0.278 e. The third kappa shape index (κ3) is 5.03. The molecule has 0 radical (unpaired) electrons. The molecule has 1 unspecified atom stereocenters. The van der Waals surface area contributed by atoms with E-state index in [9.17, 15) is 14.0 Å². The number of carbonyl (C=O) groups is 2. The highest BCUT2D eigenvalue weighted by Crippen LogP contribution is 2.45. The molecule has 1 aliphatic heterocycles. The fourth-order valence-electron chi connectivity index (χ4n) is 5.61. The first-order valence-electron chi connectivity index (χ1n) is 12.9. The number of hydrogen-bond donors (Lipinski definition) is 1. The van der Waals surface area contributed by atoms with Gasteiger partial charge in [-0.25, -0.2) is 9.37 Å². The van der Waals surface area contributed by atoms with E-state index in [0.29, 0.717) is 39.7 Å². The Morgan fingerprint density at radius 3 is 2.53 bits per heavy atom. The van der Waals surface area contributed by atoms with E-state index in [0.717, 1.165) is 44.3 Å². The third-order valence-electron chi connectivity index (χ3n) is 7.73. The summed E-state index contributed by atoms with van der Waals surface area (Å²) in [7, 11) is 0. The highest BCUT2D eigenvalue weighted by atomic mass is 35.5. The Balaban J connectivity index is 1.09. The number of nitrogens with zero attached hydrogens (tertiary/aromatic N) is 4. The Morgan fingerprint density at radius 2 is 1.84 bits per heavy atom. The van der Waals surface area contributed by atoms with E-state index in [2.05, 4.69) is 27.2 Å². The Hall–Kier alpha value is -3.70. The van der Waals surface area contributed by atoms with Gasteiger partial charge in [0.1, 0.15) is 11.6 Å². The van der Waals surface area contributed by atoms with Crippen molar-refractivity contribution in [2.45, 2.75) is 38.6 Å². The number of fused-ring (bicyclic) bond motifs is 1. The van der Waals surface area contributed by atoms with Crippen LogP contribution in [0.2, 0.25) is 5.02 Å². The van der Waals surface area contributed by atoms with Crippen LogP contribution in [-0.4, -0.2) is 44.6 Å². The lowest BCUT2D eigenvalue weighted by Crippen LogP contribution is -2.31. The molecule has 3 heterocycles. The lowest BCUT2D eigenvalue weighted by Gasteiger charge is -2.19. The maximum atomic E-state index is 13.4.